The third kappa shape index (κ3) is 2.85. The van der Waals surface area contributed by atoms with Gasteiger partial charge in [0.1, 0.15) is 11.9 Å². The first-order chi connectivity index (χ1) is 8.59. The van der Waals surface area contributed by atoms with E-state index in [0.717, 1.165) is 0 Å². The van der Waals surface area contributed by atoms with Crippen LogP contribution in [0.25, 0.3) is 0 Å². The van der Waals surface area contributed by atoms with E-state index in [1.165, 1.54) is 28.7 Å². The number of aliphatic hydroxyl groups is 1. The molecular weight excluding hydrogens is 275 g/mol. The highest BCUT2D eigenvalue weighted by molar-refractivity contribution is 7.99. The van der Waals surface area contributed by atoms with Gasteiger partial charge < -0.3 is 5.11 Å². The quantitative estimate of drug-likeness (QED) is 0.878. The van der Waals surface area contributed by atoms with E-state index < -0.39 is 6.10 Å². The summed E-state index contributed by atoms with van der Waals surface area (Å²) in [6, 6.07) is 6.46. The van der Waals surface area contributed by atoms with Crippen LogP contribution in [0.4, 0.5) is 4.39 Å². The number of hydrogen-bond acceptors (Lipinski definition) is 3. The van der Waals surface area contributed by atoms with Crippen LogP contribution >= 0.6 is 23.4 Å². The number of thioether (sulfide) groups is 1. The summed E-state index contributed by atoms with van der Waals surface area (Å²) in [5.41, 5.74) is 0.542. The second-order valence-electron chi connectivity index (χ2n) is 3.76. The van der Waals surface area contributed by atoms with Crippen molar-refractivity contribution in [1.29, 1.82) is 0 Å². The van der Waals surface area contributed by atoms with Gasteiger partial charge in [-0.1, -0.05) is 23.7 Å². The molecule has 6 heteroatoms. The smallest absolute Gasteiger partial charge is 0.136 e. The van der Waals surface area contributed by atoms with Crippen LogP contribution in [0.2, 0.25) is 5.02 Å². The van der Waals surface area contributed by atoms with Crippen molar-refractivity contribution in [3.8, 4) is 0 Å². The molecule has 1 aromatic heterocycles. The summed E-state index contributed by atoms with van der Waals surface area (Å²) in [5.74, 6) is 0.0333. The topological polar surface area (TPSA) is 38.0 Å². The second-order valence-corrected chi connectivity index (χ2v) is 5.23. The van der Waals surface area contributed by atoms with E-state index in [1.54, 1.807) is 25.2 Å². The minimum absolute atomic E-state index is 0.286. The number of halogens is 2. The first-order valence-corrected chi connectivity index (χ1v) is 6.68. The lowest BCUT2D eigenvalue weighted by Crippen LogP contribution is -2.08. The molecule has 0 fully saturated rings. The van der Waals surface area contributed by atoms with E-state index in [-0.39, 0.29) is 5.82 Å². The predicted octanol–water partition coefficient (Wildman–Crippen LogP) is 3.04. The van der Waals surface area contributed by atoms with Gasteiger partial charge in [0.25, 0.3) is 0 Å². The fourth-order valence-corrected chi connectivity index (χ4v) is 2.77. The van der Waals surface area contributed by atoms with Crippen molar-refractivity contribution < 1.29 is 9.50 Å². The van der Waals surface area contributed by atoms with Crippen molar-refractivity contribution in [2.24, 2.45) is 7.05 Å². The summed E-state index contributed by atoms with van der Waals surface area (Å²) >= 11 is 7.17. The summed E-state index contributed by atoms with van der Waals surface area (Å²) in [5, 5.41) is 14.4. The van der Waals surface area contributed by atoms with Crippen LogP contribution in [0.1, 0.15) is 11.8 Å². The minimum Gasteiger partial charge on any atom is -0.386 e. The lowest BCUT2D eigenvalue weighted by Gasteiger charge is -2.11. The molecule has 18 heavy (non-hydrogen) atoms. The maximum atomic E-state index is 13.4. The van der Waals surface area contributed by atoms with Crippen LogP contribution in [0.5, 0.6) is 0 Å². The van der Waals surface area contributed by atoms with Crippen LogP contribution in [-0.4, -0.2) is 20.6 Å². The van der Waals surface area contributed by atoms with Gasteiger partial charge in [0.2, 0.25) is 0 Å². The summed E-state index contributed by atoms with van der Waals surface area (Å²) in [4.78, 5) is 0.509. The molecule has 2 rings (SSSR count). The molecule has 2 aromatic rings. The van der Waals surface area contributed by atoms with E-state index in [0.29, 0.717) is 21.4 Å². The average molecular weight is 287 g/mol. The van der Waals surface area contributed by atoms with Gasteiger partial charge in [-0.15, -0.1) is 11.8 Å². The maximum absolute atomic E-state index is 13.4. The first-order valence-electron chi connectivity index (χ1n) is 5.32. The fourth-order valence-electron chi connectivity index (χ4n) is 1.60. The third-order valence-electron chi connectivity index (χ3n) is 2.49. The van der Waals surface area contributed by atoms with Gasteiger partial charge in [0.15, 0.2) is 0 Å². The zero-order valence-corrected chi connectivity index (χ0v) is 11.2. The standard InChI is InChI=1S/C12H12ClFN2OS/c1-16-12(8(13)6-15-16)10(17)7-18-11-5-3-2-4-9(11)14/h2-6,10,17H,7H2,1H3. The number of rotatable bonds is 4. The zero-order chi connectivity index (χ0) is 13.1. The average Bonchev–Trinajstić information content (AvgIpc) is 2.68. The Balaban J connectivity index is 2.05. The van der Waals surface area contributed by atoms with Gasteiger partial charge in [0, 0.05) is 17.7 Å². The largest absolute Gasteiger partial charge is 0.386 e. The molecule has 0 spiro atoms. The molecule has 1 unspecified atom stereocenters. The van der Waals surface area contributed by atoms with Crippen LogP contribution < -0.4 is 0 Å². The lowest BCUT2D eigenvalue weighted by atomic mass is 10.3. The van der Waals surface area contributed by atoms with Crippen molar-refractivity contribution in [3.63, 3.8) is 0 Å². The molecule has 0 aliphatic heterocycles. The Morgan fingerprint density at radius 1 is 1.50 bits per heavy atom. The molecule has 0 radical (unpaired) electrons. The molecule has 0 saturated heterocycles. The molecular formula is C12H12ClFN2OS. The Hall–Kier alpha value is -1.04. The Morgan fingerprint density at radius 2 is 2.22 bits per heavy atom. The number of aryl methyl sites for hydroxylation is 1. The highest BCUT2D eigenvalue weighted by atomic mass is 35.5. The number of aliphatic hydroxyl groups excluding tert-OH is 1. The highest BCUT2D eigenvalue weighted by Crippen LogP contribution is 2.29. The number of nitrogens with zero attached hydrogens (tertiary/aromatic N) is 2. The highest BCUT2D eigenvalue weighted by Gasteiger charge is 2.17. The van der Waals surface area contributed by atoms with Crippen LogP contribution in [0, 0.1) is 5.82 Å². The number of benzene rings is 1. The van der Waals surface area contributed by atoms with E-state index >= 15 is 0 Å². The molecule has 1 N–H and O–H groups in total. The third-order valence-corrected chi connectivity index (χ3v) is 3.90. The molecule has 0 amide bonds. The summed E-state index contributed by atoms with van der Waals surface area (Å²) < 4.78 is 14.9. The van der Waals surface area contributed by atoms with Gasteiger partial charge in [-0.25, -0.2) is 4.39 Å². The number of hydrogen-bond donors (Lipinski definition) is 1. The monoisotopic (exact) mass is 286 g/mol. The normalized spacial score (nSPS) is 12.7. The van der Waals surface area contributed by atoms with Crippen molar-refractivity contribution in [3.05, 3.63) is 47.0 Å². The molecule has 0 aliphatic carbocycles. The lowest BCUT2D eigenvalue weighted by molar-refractivity contribution is 0.194. The van der Waals surface area contributed by atoms with Gasteiger partial charge in [-0.05, 0) is 12.1 Å². The molecule has 3 nitrogen and oxygen atoms in total. The van der Waals surface area contributed by atoms with Crippen LogP contribution in [0.15, 0.2) is 35.4 Å². The van der Waals surface area contributed by atoms with Gasteiger partial charge >= 0.3 is 0 Å². The van der Waals surface area contributed by atoms with Gasteiger partial charge in [-0.3, -0.25) is 4.68 Å². The van der Waals surface area contributed by atoms with Crippen molar-refractivity contribution in [2.75, 3.05) is 5.75 Å². The molecule has 1 heterocycles. The van der Waals surface area contributed by atoms with E-state index in [2.05, 4.69) is 5.10 Å². The molecule has 1 atom stereocenters. The maximum Gasteiger partial charge on any atom is 0.136 e. The van der Waals surface area contributed by atoms with Crippen molar-refractivity contribution >= 4 is 23.4 Å². The van der Waals surface area contributed by atoms with E-state index in [4.69, 9.17) is 11.6 Å². The van der Waals surface area contributed by atoms with E-state index in [9.17, 15) is 9.50 Å². The van der Waals surface area contributed by atoms with Crippen LogP contribution in [-0.2, 0) is 7.05 Å². The summed E-state index contributed by atoms with van der Waals surface area (Å²) in [6.45, 7) is 0. The first kappa shape index (κ1) is 13.4. The Kier molecular flexibility index (Phi) is 4.27. The van der Waals surface area contributed by atoms with Crippen molar-refractivity contribution in [1.82, 2.24) is 9.78 Å². The SMILES string of the molecule is Cn1ncc(Cl)c1C(O)CSc1ccccc1F. The Bertz CT molecular complexity index is 527. The Morgan fingerprint density at radius 3 is 2.83 bits per heavy atom. The van der Waals surface area contributed by atoms with Gasteiger partial charge in [-0.2, -0.15) is 5.10 Å². The van der Waals surface area contributed by atoms with Crippen molar-refractivity contribution in [2.45, 2.75) is 11.0 Å². The Labute approximate surface area is 114 Å². The van der Waals surface area contributed by atoms with Gasteiger partial charge in [0.05, 0.1) is 16.9 Å². The fraction of sp³-hybridized carbons (Fsp3) is 0.250. The zero-order valence-electron chi connectivity index (χ0n) is 9.68. The molecule has 0 aliphatic rings. The van der Waals surface area contributed by atoms with Crippen LogP contribution in [0.3, 0.4) is 0 Å². The van der Waals surface area contributed by atoms with E-state index in [1.807, 2.05) is 0 Å². The second kappa shape index (κ2) is 5.73. The summed E-state index contributed by atoms with van der Waals surface area (Å²) in [7, 11) is 1.71. The molecule has 0 bridgehead atoms. The molecule has 1 aromatic carbocycles. The molecule has 96 valence electrons. The minimum atomic E-state index is -0.783. The summed E-state index contributed by atoms with van der Waals surface area (Å²) in [6.07, 6.45) is 0.697. The predicted molar refractivity (Wildman–Crippen MR) is 70.3 cm³/mol. The molecule has 0 saturated carbocycles. The number of aromatic nitrogens is 2.